The van der Waals surface area contributed by atoms with E-state index in [1.807, 2.05) is 0 Å². The van der Waals surface area contributed by atoms with Gasteiger partial charge in [-0.15, -0.1) is 0 Å². The van der Waals surface area contributed by atoms with Crippen molar-refractivity contribution in [3.05, 3.63) is 58.1 Å². The van der Waals surface area contributed by atoms with Crippen molar-refractivity contribution in [2.75, 3.05) is 12.4 Å². The summed E-state index contributed by atoms with van der Waals surface area (Å²) in [5.74, 6) is -1.24. The van der Waals surface area contributed by atoms with Gasteiger partial charge in [-0.25, -0.2) is 13.2 Å². The number of methoxy groups -OCH3 is 1. The number of amides is 1. The van der Waals surface area contributed by atoms with Gasteiger partial charge >= 0.3 is 12.1 Å². The number of sulfonamides is 1. The SMILES string of the molecule is COc1ccc(S(=O)(=O)N(Cc2ccc([N+](=O)[O-])cc2)[C@@H](C)C(=O)O)cc1NC(=O)OC(C)(C)C. The van der Waals surface area contributed by atoms with Crippen LogP contribution in [0.5, 0.6) is 5.75 Å². The summed E-state index contributed by atoms with van der Waals surface area (Å²) in [7, 11) is -3.09. The zero-order chi connectivity index (χ0) is 26.6. The van der Waals surface area contributed by atoms with Crippen molar-refractivity contribution in [2.45, 2.75) is 50.8 Å². The number of carboxylic acids is 1. The van der Waals surface area contributed by atoms with Gasteiger partial charge in [-0.05, 0) is 51.5 Å². The molecular weight excluding hydrogens is 482 g/mol. The zero-order valence-corrected chi connectivity index (χ0v) is 20.7. The summed E-state index contributed by atoms with van der Waals surface area (Å²) in [6.07, 6.45) is -0.841. The zero-order valence-electron chi connectivity index (χ0n) is 19.8. The van der Waals surface area contributed by atoms with E-state index in [2.05, 4.69) is 5.32 Å². The van der Waals surface area contributed by atoms with Crippen molar-refractivity contribution in [3.63, 3.8) is 0 Å². The van der Waals surface area contributed by atoms with Crippen LogP contribution in [0.25, 0.3) is 0 Å². The summed E-state index contributed by atoms with van der Waals surface area (Å²) >= 11 is 0. The molecule has 0 saturated carbocycles. The summed E-state index contributed by atoms with van der Waals surface area (Å²) in [5, 5.41) is 22.9. The highest BCUT2D eigenvalue weighted by molar-refractivity contribution is 7.89. The van der Waals surface area contributed by atoms with Gasteiger partial charge in [0.25, 0.3) is 5.69 Å². The quantitative estimate of drug-likeness (QED) is 0.379. The van der Waals surface area contributed by atoms with Crippen LogP contribution in [-0.4, -0.2) is 53.6 Å². The van der Waals surface area contributed by atoms with Gasteiger partial charge in [0.05, 0.1) is 22.6 Å². The van der Waals surface area contributed by atoms with E-state index in [-0.39, 0.29) is 28.6 Å². The maximum atomic E-state index is 13.5. The first-order valence-electron chi connectivity index (χ1n) is 10.3. The Morgan fingerprint density at radius 2 is 1.77 bits per heavy atom. The van der Waals surface area contributed by atoms with Crippen molar-refractivity contribution in [2.24, 2.45) is 0 Å². The van der Waals surface area contributed by atoms with Gasteiger partial charge < -0.3 is 14.6 Å². The standard InChI is InChI=1S/C22H27N3O9S/c1-14(20(26)27)24(13-15-6-8-16(9-7-15)25(29)30)35(31,32)17-10-11-19(33-5)18(12-17)23-21(28)34-22(2,3)4/h6-12,14H,13H2,1-5H3,(H,23,28)(H,26,27)/t14-/m0/s1. The maximum absolute atomic E-state index is 13.5. The Balaban J connectivity index is 2.47. The predicted molar refractivity (Wildman–Crippen MR) is 126 cm³/mol. The van der Waals surface area contributed by atoms with Gasteiger partial charge in [0.1, 0.15) is 17.4 Å². The second-order valence-corrected chi connectivity index (χ2v) is 10.4. The molecule has 1 amide bonds. The Morgan fingerprint density at radius 3 is 2.26 bits per heavy atom. The van der Waals surface area contributed by atoms with Crippen molar-refractivity contribution in [3.8, 4) is 5.75 Å². The van der Waals surface area contributed by atoms with Gasteiger partial charge in [0, 0.05) is 18.7 Å². The number of benzene rings is 2. The molecule has 0 aliphatic heterocycles. The number of ether oxygens (including phenoxy) is 2. The van der Waals surface area contributed by atoms with Crippen molar-refractivity contribution < 1.29 is 37.5 Å². The molecule has 12 nitrogen and oxygen atoms in total. The molecule has 0 unspecified atom stereocenters. The molecule has 0 aliphatic carbocycles. The Hall–Kier alpha value is -3.71. The Labute approximate surface area is 202 Å². The second kappa shape index (κ2) is 10.7. The summed E-state index contributed by atoms with van der Waals surface area (Å²) < 4.78 is 38.1. The molecule has 2 N–H and O–H groups in total. The first-order valence-corrected chi connectivity index (χ1v) is 11.8. The number of carboxylic acid groups (broad SMARTS) is 1. The van der Waals surface area contributed by atoms with E-state index in [9.17, 15) is 33.2 Å². The predicted octanol–water partition coefficient (Wildman–Crippen LogP) is 3.61. The number of nitrogens with one attached hydrogen (secondary N) is 1. The summed E-state index contributed by atoms with van der Waals surface area (Å²) in [6.45, 7) is 5.82. The molecule has 2 aromatic rings. The smallest absolute Gasteiger partial charge is 0.412 e. The van der Waals surface area contributed by atoms with E-state index in [4.69, 9.17) is 9.47 Å². The van der Waals surface area contributed by atoms with Crippen LogP contribution in [0.15, 0.2) is 47.4 Å². The van der Waals surface area contributed by atoms with Crippen molar-refractivity contribution >= 4 is 33.5 Å². The van der Waals surface area contributed by atoms with E-state index < -0.39 is 38.7 Å². The molecule has 0 aromatic heterocycles. The first kappa shape index (κ1) is 27.5. The summed E-state index contributed by atoms with van der Waals surface area (Å²) in [5.41, 5.74) is -0.657. The second-order valence-electron chi connectivity index (χ2n) is 8.48. The summed E-state index contributed by atoms with van der Waals surface area (Å²) in [6, 6.07) is 7.27. The van der Waals surface area contributed by atoms with Gasteiger partial charge in [0.15, 0.2) is 0 Å². The van der Waals surface area contributed by atoms with Gasteiger partial charge in [0.2, 0.25) is 10.0 Å². The van der Waals surface area contributed by atoms with Crippen LogP contribution in [0.2, 0.25) is 0 Å². The fraction of sp³-hybridized carbons (Fsp3) is 0.364. The fourth-order valence-electron chi connectivity index (χ4n) is 2.95. The topological polar surface area (TPSA) is 165 Å². The van der Waals surface area contributed by atoms with Crippen LogP contribution in [-0.2, 0) is 26.1 Å². The molecule has 1 atom stereocenters. The monoisotopic (exact) mass is 509 g/mol. The third-order valence-electron chi connectivity index (χ3n) is 4.69. The lowest BCUT2D eigenvalue weighted by Gasteiger charge is -2.26. The highest BCUT2D eigenvalue weighted by Gasteiger charge is 2.34. The molecule has 0 saturated heterocycles. The average Bonchev–Trinajstić information content (AvgIpc) is 2.75. The average molecular weight is 510 g/mol. The van der Waals surface area contributed by atoms with Crippen LogP contribution in [0.3, 0.4) is 0 Å². The van der Waals surface area contributed by atoms with Crippen LogP contribution in [0.1, 0.15) is 33.3 Å². The first-order chi connectivity index (χ1) is 16.2. The molecule has 0 bridgehead atoms. The minimum atomic E-state index is -4.42. The Kier molecular flexibility index (Phi) is 8.41. The minimum absolute atomic E-state index is 0.00101. The molecule has 2 rings (SSSR count). The molecular formula is C22H27N3O9S. The molecule has 190 valence electrons. The number of rotatable bonds is 9. The number of aliphatic carboxylic acids is 1. The number of non-ortho nitro benzene ring substituents is 1. The van der Waals surface area contributed by atoms with E-state index in [0.29, 0.717) is 5.56 Å². The molecule has 35 heavy (non-hydrogen) atoms. The number of hydrogen-bond donors (Lipinski definition) is 2. The number of carbonyl (C=O) groups is 2. The van der Waals surface area contributed by atoms with Crippen LogP contribution >= 0.6 is 0 Å². The van der Waals surface area contributed by atoms with Crippen LogP contribution in [0, 0.1) is 10.1 Å². The number of nitro groups is 1. The minimum Gasteiger partial charge on any atom is -0.495 e. The molecule has 0 spiro atoms. The van der Waals surface area contributed by atoms with Gasteiger partial charge in [-0.2, -0.15) is 4.31 Å². The van der Waals surface area contributed by atoms with Crippen LogP contribution in [0.4, 0.5) is 16.2 Å². The number of carbonyl (C=O) groups excluding carboxylic acids is 1. The normalized spacial score (nSPS) is 12.6. The van der Waals surface area contributed by atoms with E-state index in [0.717, 1.165) is 10.4 Å². The highest BCUT2D eigenvalue weighted by Crippen LogP contribution is 2.31. The van der Waals surface area contributed by atoms with E-state index >= 15 is 0 Å². The maximum Gasteiger partial charge on any atom is 0.412 e. The lowest BCUT2D eigenvalue weighted by atomic mass is 10.2. The number of nitrogens with zero attached hydrogens (tertiary/aromatic N) is 2. The van der Waals surface area contributed by atoms with Crippen LogP contribution < -0.4 is 10.1 Å². The molecule has 13 heteroatoms. The lowest BCUT2D eigenvalue weighted by molar-refractivity contribution is -0.384. The Morgan fingerprint density at radius 1 is 1.17 bits per heavy atom. The largest absolute Gasteiger partial charge is 0.495 e. The molecule has 0 heterocycles. The molecule has 0 aliphatic rings. The molecule has 0 radical (unpaired) electrons. The van der Waals surface area contributed by atoms with E-state index in [1.54, 1.807) is 20.8 Å². The van der Waals surface area contributed by atoms with E-state index in [1.165, 1.54) is 50.4 Å². The number of nitro benzene ring substituents is 1. The Bertz CT molecular complexity index is 1210. The number of hydrogen-bond acceptors (Lipinski definition) is 8. The van der Waals surface area contributed by atoms with Crippen molar-refractivity contribution in [1.29, 1.82) is 0 Å². The molecule has 0 fully saturated rings. The van der Waals surface area contributed by atoms with Gasteiger partial charge in [-0.1, -0.05) is 12.1 Å². The highest BCUT2D eigenvalue weighted by atomic mass is 32.2. The van der Waals surface area contributed by atoms with Crippen molar-refractivity contribution in [1.82, 2.24) is 4.31 Å². The number of anilines is 1. The lowest BCUT2D eigenvalue weighted by Crippen LogP contribution is -2.42. The third kappa shape index (κ3) is 7.13. The third-order valence-corrected chi connectivity index (χ3v) is 6.60. The fourth-order valence-corrected chi connectivity index (χ4v) is 4.55. The molecule has 2 aromatic carbocycles. The summed E-state index contributed by atoms with van der Waals surface area (Å²) in [4.78, 5) is 33.9. The van der Waals surface area contributed by atoms with Gasteiger partial charge in [-0.3, -0.25) is 20.2 Å².